The molecule has 1 spiro atoms. The standard InChI is InChI=1S/C25H28FNO2.C2H6/c1-2-7-21(26)14-20-17-29-25(12-6-13-25)16-23(20)27-24(28)15-19-10-5-9-18-8-3-4-11-22(18)19;1-2/h3-5,7-11,14,23H,2,6,12-13,15-17H2,1H3,(H,27,28);1-2H3/b20-14+,21-7+;. The molecule has 1 heterocycles. The Bertz CT molecular complexity index is 953. The van der Waals surface area contributed by atoms with E-state index in [1.807, 2.05) is 51.1 Å². The van der Waals surface area contributed by atoms with Crippen LogP contribution in [0, 0.1) is 0 Å². The monoisotopic (exact) mass is 423 g/mol. The van der Waals surface area contributed by atoms with Gasteiger partial charge in [0, 0.05) is 6.42 Å². The van der Waals surface area contributed by atoms with E-state index in [1.54, 1.807) is 6.08 Å². The minimum absolute atomic E-state index is 0.0338. The second-order valence-corrected chi connectivity index (χ2v) is 8.18. The first-order chi connectivity index (χ1) is 15.1. The Morgan fingerprint density at radius 2 is 1.94 bits per heavy atom. The van der Waals surface area contributed by atoms with E-state index in [4.69, 9.17) is 4.74 Å². The van der Waals surface area contributed by atoms with Crippen LogP contribution in [-0.2, 0) is 16.0 Å². The largest absolute Gasteiger partial charge is 0.370 e. The molecule has 4 heteroatoms. The lowest BCUT2D eigenvalue weighted by Gasteiger charge is -2.48. The summed E-state index contributed by atoms with van der Waals surface area (Å²) < 4.78 is 20.2. The SMILES string of the molecule is CC.CC/C=C(F)\C=C1/COC2(CCC2)CC1NC(=O)Cc1cccc2ccccc12. The number of rotatable bonds is 5. The van der Waals surface area contributed by atoms with Gasteiger partial charge in [-0.2, -0.15) is 0 Å². The summed E-state index contributed by atoms with van der Waals surface area (Å²) >= 11 is 0. The zero-order valence-corrected chi connectivity index (χ0v) is 18.9. The van der Waals surface area contributed by atoms with E-state index in [0.717, 1.165) is 47.6 Å². The first-order valence-corrected chi connectivity index (χ1v) is 11.5. The van der Waals surface area contributed by atoms with Crippen LogP contribution in [0.25, 0.3) is 10.8 Å². The predicted octanol–water partition coefficient (Wildman–Crippen LogP) is 6.43. The van der Waals surface area contributed by atoms with Crippen LogP contribution in [0.4, 0.5) is 4.39 Å². The van der Waals surface area contributed by atoms with Gasteiger partial charge in [0.25, 0.3) is 0 Å². The second-order valence-electron chi connectivity index (χ2n) is 8.18. The van der Waals surface area contributed by atoms with Gasteiger partial charge in [-0.15, -0.1) is 0 Å². The van der Waals surface area contributed by atoms with Gasteiger partial charge in [0.1, 0.15) is 5.83 Å². The van der Waals surface area contributed by atoms with Crippen molar-refractivity contribution in [2.75, 3.05) is 6.61 Å². The number of ether oxygens (including phenoxy) is 1. The highest BCUT2D eigenvalue weighted by Gasteiger charge is 2.44. The average molecular weight is 424 g/mol. The van der Waals surface area contributed by atoms with Crippen LogP contribution >= 0.6 is 0 Å². The topological polar surface area (TPSA) is 38.3 Å². The quantitative estimate of drug-likeness (QED) is 0.602. The average Bonchev–Trinajstić information content (AvgIpc) is 2.76. The van der Waals surface area contributed by atoms with E-state index in [-0.39, 0.29) is 23.4 Å². The Hall–Kier alpha value is -2.46. The van der Waals surface area contributed by atoms with Gasteiger partial charge in [-0.05, 0) is 59.7 Å². The van der Waals surface area contributed by atoms with Crippen molar-refractivity contribution in [2.45, 2.75) is 70.9 Å². The maximum atomic E-state index is 14.1. The molecule has 166 valence electrons. The Morgan fingerprint density at radius 3 is 2.65 bits per heavy atom. The number of allylic oxidation sites excluding steroid dienone is 3. The minimum Gasteiger partial charge on any atom is -0.370 e. The third-order valence-corrected chi connectivity index (χ3v) is 6.12. The van der Waals surface area contributed by atoms with Gasteiger partial charge in [-0.1, -0.05) is 63.2 Å². The Morgan fingerprint density at radius 1 is 1.19 bits per heavy atom. The number of carbonyl (C=O) groups is 1. The smallest absolute Gasteiger partial charge is 0.224 e. The number of nitrogens with one attached hydrogen (secondary N) is 1. The molecule has 0 radical (unpaired) electrons. The van der Waals surface area contributed by atoms with Crippen molar-refractivity contribution in [2.24, 2.45) is 0 Å². The van der Waals surface area contributed by atoms with E-state index in [1.165, 1.54) is 6.08 Å². The van der Waals surface area contributed by atoms with Gasteiger partial charge in [0.15, 0.2) is 0 Å². The molecule has 1 saturated carbocycles. The summed E-state index contributed by atoms with van der Waals surface area (Å²) in [6.07, 6.45) is 7.95. The van der Waals surface area contributed by atoms with Crippen molar-refractivity contribution in [1.82, 2.24) is 5.32 Å². The first kappa shape index (κ1) is 23.2. The van der Waals surface area contributed by atoms with Gasteiger partial charge in [0.05, 0.1) is 24.7 Å². The van der Waals surface area contributed by atoms with Crippen molar-refractivity contribution >= 4 is 16.7 Å². The lowest BCUT2D eigenvalue weighted by atomic mass is 9.73. The highest BCUT2D eigenvalue weighted by Crippen LogP contribution is 2.43. The van der Waals surface area contributed by atoms with Crippen LogP contribution in [0.5, 0.6) is 0 Å². The van der Waals surface area contributed by atoms with Crippen LogP contribution in [0.15, 0.2) is 66.0 Å². The highest BCUT2D eigenvalue weighted by molar-refractivity contribution is 5.90. The maximum Gasteiger partial charge on any atom is 0.224 e. The summed E-state index contributed by atoms with van der Waals surface area (Å²) in [5.74, 6) is -0.294. The summed E-state index contributed by atoms with van der Waals surface area (Å²) in [6, 6.07) is 14.0. The summed E-state index contributed by atoms with van der Waals surface area (Å²) in [6.45, 7) is 6.28. The van der Waals surface area contributed by atoms with Crippen LogP contribution in [-0.4, -0.2) is 24.2 Å². The van der Waals surface area contributed by atoms with Crippen molar-refractivity contribution in [3.05, 3.63) is 71.6 Å². The molecule has 1 amide bonds. The summed E-state index contributed by atoms with van der Waals surface area (Å²) in [7, 11) is 0. The molecule has 1 unspecified atom stereocenters. The van der Waals surface area contributed by atoms with Crippen LogP contribution < -0.4 is 5.32 Å². The molecule has 0 aromatic heterocycles. The molecule has 1 N–H and O–H groups in total. The zero-order chi connectivity index (χ0) is 22.3. The van der Waals surface area contributed by atoms with Crippen molar-refractivity contribution in [3.63, 3.8) is 0 Å². The summed E-state index contributed by atoms with van der Waals surface area (Å²) in [5, 5.41) is 5.40. The molecule has 1 aliphatic carbocycles. The van der Waals surface area contributed by atoms with E-state index >= 15 is 0 Å². The van der Waals surface area contributed by atoms with Gasteiger partial charge >= 0.3 is 0 Å². The Labute approximate surface area is 185 Å². The molecule has 0 bridgehead atoms. The molecule has 2 aromatic rings. The fourth-order valence-corrected chi connectivity index (χ4v) is 4.40. The van der Waals surface area contributed by atoms with Gasteiger partial charge in [-0.25, -0.2) is 4.39 Å². The normalized spacial score (nSPS) is 21.4. The Kier molecular flexibility index (Phi) is 8.03. The van der Waals surface area contributed by atoms with Gasteiger partial charge in [0.2, 0.25) is 5.91 Å². The zero-order valence-electron chi connectivity index (χ0n) is 18.9. The molecule has 1 atom stereocenters. The fourth-order valence-electron chi connectivity index (χ4n) is 4.40. The summed E-state index contributed by atoms with van der Waals surface area (Å²) in [4.78, 5) is 12.9. The van der Waals surface area contributed by atoms with Crippen LogP contribution in [0.1, 0.15) is 58.4 Å². The fraction of sp³-hybridized carbons (Fsp3) is 0.444. The molecule has 2 aromatic carbocycles. The van der Waals surface area contributed by atoms with Gasteiger partial charge in [-0.3, -0.25) is 4.79 Å². The number of benzene rings is 2. The van der Waals surface area contributed by atoms with Crippen molar-refractivity contribution in [1.29, 1.82) is 0 Å². The van der Waals surface area contributed by atoms with E-state index in [9.17, 15) is 9.18 Å². The number of amides is 1. The Balaban J connectivity index is 0.00000132. The van der Waals surface area contributed by atoms with E-state index in [0.29, 0.717) is 19.4 Å². The van der Waals surface area contributed by atoms with Gasteiger partial charge < -0.3 is 10.1 Å². The van der Waals surface area contributed by atoms with E-state index in [2.05, 4.69) is 17.4 Å². The number of hydrogen-bond acceptors (Lipinski definition) is 2. The molecular formula is C27H34FNO2. The molecule has 3 nitrogen and oxygen atoms in total. The van der Waals surface area contributed by atoms with Crippen molar-refractivity contribution < 1.29 is 13.9 Å². The lowest BCUT2D eigenvalue weighted by Crippen LogP contribution is -2.53. The first-order valence-electron chi connectivity index (χ1n) is 11.5. The number of hydrogen-bond donors (Lipinski definition) is 1. The minimum atomic E-state index is -0.260. The number of carbonyl (C=O) groups excluding carboxylic acids is 1. The number of fused-ring (bicyclic) bond motifs is 1. The lowest BCUT2D eigenvalue weighted by molar-refractivity contribution is -0.129. The third-order valence-electron chi connectivity index (χ3n) is 6.12. The second kappa shape index (κ2) is 10.7. The highest BCUT2D eigenvalue weighted by atomic mass is 19.1. The van der Waals surface area contributed by atoms with Crippen LogP contribution in [0.3, 0.4) is 0 Å². The molecule has 2 fully saturated rings. The molecule has 1 aliphatic heterocycles. The molecule has 1 saturated heterocycles. The molecule has 4 rings (SSSR count). The summed E-state index contributed by atoms with van der Waals surface area (Å²) in [5.41, 5.74) is 1.68. The molecular weight excluding hydrogens is 389 g/mol. The van der Waals surface area contributed by atoms with Crippen molar-refractivity contribution in [3.8, 4) is 0 Å². The third kappa shape index (κ3) is 5.62. The maximum absolute atomic E-state index is 14.1. The van der Waals surface area contributed by atoms with Crippen LogP contribution in [0.2, 0.25) is 0 Å². The number of halogens is 1. The van der Waals surface area contributed by atoms with E-state index < -0.39 is 0 Å². The molecule has 2 aliphatic rings. The predicted molar refractivity (Wildman–Crippen MR) is 126 cm³/mol. The molecule has 31 heavy (non-hydrogen) atoms.